The summed E-state index contributed by atoms with van der Waals surface area (Å²) in [5.41, 5.74) is 7.43. The van der Waals surface area contributed by atoms with Crippen LogP contribution in [0.1, 0.15) is 39.2 Å². The minimum atomic E-state index is -0.563. The molecule has 7 heteroatoms. The molecule has 126 valence electrons. The molecule has 25 heavy (non-hydrogen) atoms. The molecule has 2 heterocycles. The number of carbonyl (C=O) groups excluding carboxylic acids is 2. The molecule has 0 aromatic carbocycles. The predicted octanol–water partition coefficient (Wildman–Crippen LogP) is 2.67. The third-order valence-electron chi connectivity index (χ3n) is 4.01. The first kappa shape index (κ1) is 16.9. The van der Waals surface area contributed by atoms with Gasteiger partial charge in [0.05, 0.1) is 5.56 Å². The van der Waals surface area contributed by atoms with Crippen molar-refractivity contribution in [2.45, 2.75) is 25.7 Å². The molecule has 3 rings (SSSR count). The molecule has 0 radical (unpaired) electrons. The van der Waals surface area contributed by atoms with Crippen LogP contribution in [-0.2, 0) is 17.6 Å². The molecule has 2 aromatic rings. The summed E-state index contributed by atoms with van der Waals surface area (Å²) in [5, 5.41) is 12.4. The molecule has 0 saturated carbocycles. The van der Waals surface area contributed by atoms with Crippen LogP contribution in [0.15, 0.2) is 30.1 Å². The topological polar surface area (TPSA) is 109 Å². The van der Waals surface area contributed by atoms with Gasteiger partial charge in [0.15, 0.2) is 0 Å². The van der Waals surface area contributed by atoms with Crippen molar-refractivity contribution >= 4 is 34.2 Å². The standard InChI is InChI=1S/C18H16N4O2S/c19-9-12(8-11-4-3-7-21-10-11)17(24)22-18-15(16(20)23)13-5-1-2-6-14(13)25-18/h3-4,7-8,10H,1-2,5-6H2,(H2,20,23)(H,22,24). The summed E-state index contributed by atoms with van der Waals surface area (Å²) in [6.07, 6.45) is 8.36. The van der Waals surface area contributed by atoms with Crippen molar-refractivity contribution in [1.29, 1.82) is 5.26 Å². The van der Waals surface area contributed by atoms with Crippen LogP contribution in [0.3, 0.4) is 0 Å². The van der Waals surface area contributed by atoms with Crippen LogP contribution < -0.4 is 11.1 Å². The molecule has 2 amide bonds. The average molecular weight is 352 g/mol. The lowest BCUT2D eigenvalue weighted by Crippen LogP contribution is -2.19. The number of anilines is 1. The van der Waals surface area contributed by atoms with Crippen LogP contribution in [-0.4, -0.2) is 16.8 Å². The van der Waals surface area contributed by atoms with Gasteiger partial charge in [0.2, 0.25) is 0 Å². The normalized spacial score (nSPS) is 13.6. The molecule has 0 unspecified atom stereocenters. The van der Waals surface area contributed by atoms with Crippen molar-refractivity contribution in [2.75, 3.05) is 5.32 Å². The van der Waals surface area contributed by atoms with E-state index in [1.165, 1.54) is 17.4 Å². The van der Waals surface area contributed by atoms with Gasteiger partial charge in [-0.05, 0) is 49.0 Å². The second-order valence-electron chi connectivity index (χ2n) is 5.69. The van der Waals surface area contributed by atoms with Gasteiger partial charge in [-0.25, -0.2) is 0 Å². The van der Waals surface area contributed by atoms with Crippen LogP contribution in [0.2, 0.25) is 0 Å². The molecule has 0 spiro atoms. The molecule has 0 atom stereocenters. The Kier molecular flexibility index (Phi) is 4.91. The first-order chi connectivity index (χ1) is 12.1. The van der Waals surface area contributed by atoms with Crippen LogP contribution in [0.25, 0.3) is 6.08 Å². The maximum absolute atomic E-state index is 12.5. The number of pyridine rings is 1. The number of aromatic nitrogens is 1. The van der Waals surface area contributed by atoms with Crippen LogP contribution >= 0.6 is 11.3 Å². The van der Waals surface area contributed by atoms with Crippen molar-refractivity contribution in [1.82, 2.24) is 4.98 Å². The van der Waals surface area contributed by atoms with Crippen molar-refractivity contribution in [3.05, 3.63) is 51.7 Å². The lowest BCUT2D eigenvalue weighted by molar-refractivity contribution is -0.112. The Hall–Kier alpha value is -2.98. The minimum absolute atomic E-state index is 0.0604. The number of carbonyl (C=O) groups is 2. The van der Waals surface area contributed by atoms with Gasteiger partial charge in [-0.2, -0.15) is 5.26 Å². The zero-order valence-corrected chi connectivity index (χ0v) is 14.2. The Bertz CT molecular complexity index is 894. The van der Waals surface area contributed by atoms with Crippen molar-refractivity contribution in [3.63, 3.8) is 0 Å². The number of amides is 2. The van der Waals surface area contributed by atoms with E-state index >= 15 is 0 Å². The Morgan fingerprint density at radius 2 is 2.16 bits per heavy atom. The SMILES string of the molecule is N#CC(=Cc1cccnc1)C(=O)Nc1sc2c(c1C(N)=O)CCCC2. The van der Waals surface area contributed by atoms with E-state index < -0.39 is 11.8 Å². The first-order valence-electron chi connectivity index (χ1n) is 7.87. The number of nitrogens with one attached hydrogen (secondary N) is 1. The number of primary amides is 1. The van der Waals surface area contributed by atoms with Gasteiger partial charge in [-0.1, -0.05) is 6.07 Å². The average Bonchev–Trinajstić information content (AvgIpc) is 2.98. The highest BCUT2D eigenvalue weighted by Crippen LogP contribution is 2.38. The van der Waals surface area contributed by atoms with Gasteiger partial charge < -0.3 is 11.1 Å². The molecule has 3 N–H and O–H groups in total. The van der Waals surface area contributed by atoms with Crippen molar-refractivity contribution < 1.29 is 9.59 Å². The summed E-state index contributed by atoms with van der Waals surface area (Å²) < 4.78 is 0. The van der Waals surface area contributed by atoms with Gasteiger partial charge in [-0.15, -0.1) is 11.3 Å². The number of fused-ring (bicyclic) bond motifs is 1. The van der Waals surface area contributed by atoms with E-state index in [-0.39, 0.29) is 5.57 Å². The summed E-state index contributed by atoms with van der Waals surface area (Å²) in [4.78, 5) is 29.4. The Morgan fingerprint density at radius 3 is 2.84 bits per heavy atom. The molecule has 0 aliphatic heterocycles. The first-order valence-corrected chi connectivity index (χ1v) is 8.69. The van der Waals surface area contributed by atoms with Crippen LogP contribution in [0.4, 0.5) is 5.00 Å². The number of nitrogens with two attached hydrogens (primary N) is 1. The Morgan fingerprint density at radius 1 is 1.36 bits per heavy atom. The summed E-state index contributed by atoms with van der Waals surface area (Å²) in [7, 11) is 0. The molecule has 0 bridgehead atoms. The highest BCUT2D eigenvalue weighted by Gasteiger charge is 2.25. The van der Waals surface area contributed by atoms with Crippen molar-refractivity contribution in [2.24, 2.45) is 5.73 Å². The number of thiophene rings is 1. The number of hydrogen-bond donors (Lipinski definition) is 2. The summed E-state index contributed by atoms with van der Waals surface area (Å²) in [6, 6.07) is 5.36. The fraction of sp³-hybridized carbons (Fsp3) is 0.222. The maximum Gasteiger partial charge on any atom is 0.266 e. The molecule has 1 aliphatic rings. The summed E-state index contributed by atoms with van der Waals surface area (Å²) in [5.74, 6) is -1.11. The monoisotopic (exact) mass is 352 g/mol. The Labute approximate surface area is 149 Å². The molecule has 2 aromatic heterocycles. The third-order valence-corrected chi connectivity index (χ3v) is 5.21. The summed E-state index contributed by atoms with van der Waals surface area (Å²) in [6.45, 7) is 0. The highest BCUT2D eigenvalue weighted by atomic mass is 32.1. The highest BCUT2D eigenvalue weighted by molar-refractivity contribution is 7.17. The number of nitrogens with zero attached hydrogens (tertiary/aromatic N) is 2. The number of aryl methyl sites for hydroxylation is 1. The zero-order valence-electron chi connectivity index (χ0n) is 13.4. The van der Waals surface area contributed by atoms with Gasteiger partial charge in [0.1, 0.15) is 16.6 Å². The van der Waals surface area contributed by atoms with E-state index in [2.05, 4.69) is 10.3 Å². The largest absolute Gasteiger partial charge is 0.365 e. The van der Waals surface area contributed by atoms with Gasteiger partial charge in [-0.3, -0.25) is 14.6 Å². The fourth-order valence-corrected chi connectivity index (χ4v) is 4.15. The summed E-state index contributed by atoms with van der Waals surface area (Å²) >= 11 is 1.37. The minimum Gasteiger partial charge on any atom is -0.365 e. The Balaban J connectivity index is 1.90. The molecular weight excluding hydrogens is 336 g/mol. The van der Waals surface area contributed by atoms with Crippen LogP contribution in [0.5, 0.6) is 0 Å². The van der Waals surface area contributed by atoms with E-state index in [0.29, 0.717) is 16.1 Å². The van der Waals surface area contributed by atoms with E-state index in [4.69, 9.17) is 5.73 Å². The molecule has 1 aliphatic carbocycles. The van der Waals surface area contributed by atoms with Gasteiger partial charge >= 0.3 is 0 Å². The lowest BCUT2D eigenvalue weighted by Gasteiger charge is -2.11. The fourth-order valence-electron chi connectivity index (χ4n) is 2.86. The molecular formula is C18H16N4O2S. The van der Waals surface area contributed by atoms with Gasteiger partial charge in [0.25, 0.3) is 11.8 Å². The van der Waals surface area contributed by atoms with E-state index in [1.54, 1.807) is 24.5 Å². The van der Waals surface area contributed by atoms with E-state index in [9.17, 15) is 14.9 Å². The predicted molar refractivity (Wildman–Crippen MR) is 95.9 cm³/mol. The second-order valence-corrected chi connectivity index (χ2v) is 6.79. The van der Waals surface area contributed by atoms with E-state index in [1.807, 2.05) is 6.07 Å². The molecule has 6 nitrogen and oxygen atoms in total. The molecule has 0 saturated heterocycles. The number of nitriles is 1. The molecule has 0 fully saturated rings. The zero-order chi connectivity index (χ0) is 17.8. The number of rotatable bonds is 4. The number of hydrogen-bond acceptors (Lipinski definition) is 5. The van der Waals surface area contributed by atoms with Crippen LogP contribution in [0, 0.1) is 11.3 Å². The lowest BCUT2D eigenvalue weighted by atomic mass is 9.95. The van der Waals surface area contributed by atoms with Crippen molar-refractivity contribution in [3.8, 4) is 6.07 Å². The quantitative estimate of drug-likeness (QED) is 0.651. The van der Waals surface area contributed by atoms with Gasteiger partial charge in [0, 0.05) is 17.3 Å². The second kappa shape index (κ2) is 7.28. The third kappa shape index (κ3) is 3.59. The maximum atomic E-state index is 12.5. The smallest absolute Gasteiger partial charge is 0.266 e. The van der Waals surface area contributed by atoms with E-state index in [0.717, 1.165) is 36.1 Å².